The van der Waals surface area contributed by atoms with Gasteiger partial charge in [0, 0.05) is 16.3 Å². The number of ether oxygens (including phenoxy) is 1. The first-order valence-electron chi connectivity index (χ1n) is 8.43. The second-order valence-corrected chi connectivity index (χ2v) is 7.18. The highest BCUT2D eigenvalue weighted by molar-refractivity contribution is 7.15. The van der Waals surface area contributed by atoms with Gasteiger partial charge in [-0.25, -0.2) is 18.7 Å². The Morgan fingerprint density at radius 3 is 2.89 bits per heavy atom. The molecule has 0 aliphatic rings. The predicted octanol–water partition coefficient (Wildman–Crippen LogP) is 2.42. The molecule has 0 bridgehead atoms. The Morgan fingerprint density at radius 2 is 2.18 bits per heavy atom. The lowest BCUT2D eigenvalue weighted by atomic mass is 10.1. The fourth-order valence-electron chi connectivity index (χ4n) is 2.63. The first-order chi connectivity index (χ1) is 13.5. The van der Waals surface area contributed by atoms with Crippen LogP contribution in [0, 0.1) is 0 Å². The number of thiophene rings is 1. The Kier molecular flexibility index (Phi) is 6.17. The number of hydrogen-bond donors (Lipinski definition) is 1. The summed E-state index contributed by atoms with van der Waals surface area (Å²) in [7, 11) is 1.34. The molecule has 0 aliphatic heterocycles. The maximum absolute atomic E-state index is 12.7. The van der Waals surface area contributed by atoms with E-state index in [-0.39, 0.29) is 24.4 Å². The van der Waals surface area contributed by atoms with Crippen molar-refractivity contribution < 1.29 is 13.9 Å². The minimum atomic E-state index is -0.392. The Morgan fingerprint density at radius 1 is 1.36 bits per heavy atom. The highest BCUT2D eigenvalue weighted by Gasteiger charge is 2.11. The molecule has 2 N–H and O–H groups in total. The highest BCUT2D eigenvalue weighted by Crippen LogP contribution is 2.29. The van der Waals surface area contributed by atoms with Crippen molar-refractivity contribution in [3.8, 4) is 10.4 Å². The van der Waals surface area contributed by atoms with Crippen molar-refractivity contribution in [2.75, 3.05) is 13.7 Å². The molecule has 1 aromatic carbocycles. The zero-order valence-corrected chi connectivity index (χ0v) is 16.0. The van der Waals surface area contributed by atoms with Crippen LogP contribution in [0.1, 0.15) is 15.2 Å². The quantitative estimate of drug-likeness (QED) is 0.613. The van der Waals surface area contributed by atoms with Gasteiger partial charge >= 0.3 is 11.7 Å². The van der Waals surface area contributed by atoms with Crippen molar-refractivity contribution in [3.05, 3.63) is 75.6 Å². The van der Waals surface area contributed by atoms with Gasteiger partial charge in [-0.05, 0) is 35.4 Å². The van der Waals surface area contributed by atoms with Gasteiger partial charge in [0.15, 0.2) is 0 Å². The number of rotatable bonds is 7. The zero-order chi connectivity index (χ0) is 20.1. The van der Waals surface area contributed by atoms with Crippen molar-refractivity contribution in [3.63, 3.8) is 0 Å². The third kappa shape index (κ3) is 4.26. The molecule has 9 heteroatoms. The molecule has 7 nitrogen and oxygen atoms in total. The second-order valence-electron chi connectivity index (χ2n) is 6.01. The highest BCUT2D eigenvalue weighted by atomic mass is 32.1. The zero-order valence-electron chi connectivity index (χ0n) is 15.2. The van der Waals surface area contributed by atoms with Crippen molar-refractivity contribution in [1.82, 2.24) is 14.3 Å². The summed E-state index contributed by atoms with van der Waals surface area (Å²) in [5.74, 6) is -0.392. The Hall–Kier alpha value is -3.04. The van der Waals surface area contributed by atoms with Gasteiger partial charge in [-0.2, -0.15) is 5.10 Å². The van der Waals surface area contributed by atoms with Crippen LogP contribution in [0.3, 0.4) is 0 Å². The molecule has 0 spiro atoms. The Bertz CT molecular complexity index is 1070. The lowest BCUT2D eigenvalue weighted by Crippen LogP contribution is -2.26. The minimum Gasteiger partial charge on any atom is -0.465 e. The maximum Gasteiger partial charge on any atom is 0.346 e. The summed E-state index contributed by atoms with van der Waals surface area (Å²) in [5.41, 5.74) is 6.74. The molecule has 0 unspecified atom stereocenters. The molecule has 0 saturated carbocycles. The molecule has 0 atom stereocenters. The largest absolute Gasteiger partial charge is 0.465 e. The number of nitrogens with two attached hydrogens (primary N) is 1. The normalized spacial score (nSPS) is 11.6. The van der Waals surface area contributed by atoms with Crippen LogP contribution in [-0.4, -0.2) is 34.0 Å². The van der Waals surface area contributed by atoms with Gasteiger partial charge in [0.25, 0.3) is 0 Å². The van der Waals surface area contributed by atoms with E-state index in [2.05, 4.69) is 5.10 Å². The summed E-state index contributed by atoms with van der Waals surface area (Å²) in [6.07, 6.45) is 1.82. The van der Waals surface area contributed by atoms with Crippen LogP contribution < -0.4 is 11.4 Å². The fourth-order valence-corrected chi connectivity index (χ4v) is 3.63. The van der Waals surface area contributed by atoms with E-state index in [1.54, 1.807) is 18.2 Å². The van der Waals surface area contributed by atoms with Gasteiger partial charge in [-0.1, -0.05) is 12.1 Å². The number of methoxy groups -OCH3 is 1. The van der Waals surface area contributed by atoms with Crippen LogP contribution in [0.2, 0.25) is 0 Å². The topological polar surface area (TPSA) is 92.1 Å². The molecule has 146 valence electrons. The van der Waals surface area contributed by atoms with E-state index >= 15 is 0 Å². The Labute approximate surface area is 164 Å². The number of carbonyl (C=O) groups is 1. The van der Waals surface area contributed by atoms with Crippen LogP contribution in [0.5, 0.6) is 0 Å². The minimum absolute atomic E-state index is 0.0225. The summed E-state index contributed by atoms with van der Waals surface area (Å²) in [5, 5.41) is 4.01. The predicted molar refractivity (Wildman–Crippen MR) is 105 cm³/mol. The summed E-state index contributed by atoms with van der Waals surface area (Å²) in [6, 6.07) is 11.0. The van der Waals surface area contributed by atoms with E-state index in [1.165, 1.54) is 34.0 Å². The van der Waals surface area contributed by atoms with E-state index in [0.717, 1.165) is 15.3 Å². The first kappa shape index (κ1) is 19.7. The molecule has 0 saturated heterocycles. The number of hydrogen-bond acceptors (Lipinski definition) is 6. The van der Waals surface area contributed by atoms with E-state index < -0.39 is 5.97 Å². The summed E-state index contributed by atoms with van der Waals surface area (Å²) >= 11 is 1.51. The van der Waals surface area contributed by atoms with Crippen molar-refractivity contribution in [2.45, 2.75) is 13.1 Å². The van der Waals surface area contributed by atoms with Crippen LogP contribution in [0.4, 0.5) is 4.39 Å². The van der Waals surface area contributed by atoms with Crippen LogP contribution in [0.25, 0.3) is 10.4 Å². The molecular weight excluding hydrogens is 383 g/mol. The number of carbonyl (C=O) groups excluding carboxylic acids is 1. The number of nitrogens with zero attached hydrogens (tertiary/aromatic N) is 3. The molecule has 0 radical (unpaired) electrons. The molecule has 0 amide bonds. The molecule has 0 aliphatic carbocycles. The Balaban J connectivity index is 1.78. The standard InChI is InChI=1S/C19H19FN4O3S/c1-27-18(25)15-4-2-3-14(7-15)17-6-5-16(28-17)11-23-12-22-24(19(23)26)10-13(8-20)9-21/h2-8,12H,9-11,21H2,1H3. The van der Waals surface area contributed by atoms with Crippen LogP contribution >= 0.6 is 11.3 Å². The molecule has 2 aromatic heterocycles. The number of halogens is 1. The summed E-state index contributed by atoms with van der Waals surface area (Å²) < 4.78 is 20.1. The van der Waals surface area contributed by atoms with Crippen molar-refractivity contribution in [2.24, 2.45) is 5.73 Å². The summed E-state index contributed by atoms with van der Waals surface area (Å²) in [4.78, 5) is 26.0. The van der Waals surface area contributed by atoms with Gasteiger partial charge in [-0.3, -0.25) is 4.57 Å². The SMILES string of the molecule is COC(=O)c1cccc(-c2ccc(Cn3cnn(CC(=CF)CN)c3=O)s2)c1. The van der Waals surface area contributed by atoms with E-state index in [4.69, 9.17) is 10.5 Å². The lowest BCUT2D eigenvalue weighted by Gasteiger charge is -2.02. The molecule has 3 rings (SSSR count). The average Bonchev–Trinajstić information content (AvgIpc) is 3.33. The van der Waals surface area contributed by atoms with Gasteiger partial charge in [0.1, 0.15) is 6.33 Å². The van der Waals surface area contributed by atoms with E-state index in [0.29, 0.717) is 18.4 Å². The lowest BCUT2D eigenvalue weighted by molar-refractivity contribution is 0.0601. The molecule has 0 fully saturated rings. The third-order valence-corrected chi connectivity index (χ3v) is 5.24. The molecule has 2 heterocycles. The van der Waals surface area contributed by atoms with E-state index in [9.17, 15) is 14.0 Å². The molecular formula is C19H19FN4O3S. The number of aromatic nitrogens is 3. The first-order valence-corrected chi connectivity index (χ1v) is 9.25. The van der Waals surface area contributed by atoms with Gasteiger partial charge in [0.2, 0.25) is 0 Å². The van der Waals surface area contributed by atoms with Crippen molar-refractivity contribution in [1.29, 1.82) is 0 Å². The fraction of sp³-hybridized carbons (Fsp3) is 0.211. The number of esters is 1. The number of benzene rings is 1. The average molecular weight is 402 g/mol. The van der Waals surface area contributed by atoms with Crippen molar-refractivity contribution >= 4 is 17.3 Å². The van der Waals surface area contributed by atoms with Gasteiger partial charge < -0.3 is 10.5 Å². The second kappa shape index (κ2) is 8.77. The third-order valence-electron chi connectivity index (χ3n) is 4.12. The smallest absolute Gasteiger partial charge is 0.346 e. The monoisotopic (exact) mass is 402 g/mol. The van der Waals surface area contributed by atoms with Gasteiger partial charge in [0.05, 0.1) is 32.1 Å². The molecule has 28 heavy (non-hydrogen) atoms. The maximum atomic E-state index is 12.7. The van der Waals surface area contributed by atoms with Crippen LogP contribution in [-0.2, 0) is 17.8 Å². The molecule has 3 aromatic rings. The van der Waals surface area contributed by atoms with Crippen LogP contribution in [0.15, 0.2) is 59.4 Å². The van der Waals surface area contributed by atoms with Gasteiger partial charge in [-0.15, -0.1) is 11.3 Å². The summed E-state index contributed by atoms with van der Waals surface area (Å²) in [6.45, 7) is 0.390. The van der Waals surface area contributed by atoms with E-state index in [1.807, 2.05) is 18.2 Å².